The Kier molecular flexibility index (Phi) is 4.99. The highest BCUT2D eigenvalue weighted by molar-refractivity contribution is 5.80. The molecule has 4 heteroatoms. The molecular formula is C23H25NO3. The lowest BCUT2D eigenvalue weighted by atomic mass is 10.0. The van der Waals surface area contributed by atoms with Crippen molar-refractivity contribution in [3.05, 3.63) is 75.6 Å². The molecular weight excluding hydrogens is 338 g/mol. The van der Waals surface area contributed by atoms with E-state index in [1.54, 1.807) is 6.07 Å². The topological polar surface area (TPSA) is 42.7 Å². The van der Waals surface area contributed by atoms with E-state index in [4.69, 9.17) is 9.15 Å². The lowest BCUT2D eigenvalue weighted by molar-refractivity contribution is 0.248. The summed E-state index contributed by atoms with van der Waals surface area (Å²) < 4.78 is 11.0. The molecule has 0 saturated carbocycles. The molecule has 1 aliphatic rings. The molecule has 0 bridgehead atoms. The fourth-order valence-electron chi connectivity index (χ4n) is 4.03. The summed E-state index contributed by atoms with van der Waals surface area (Å²) in [6, 6.07) is 16.5. The Morgan fingerprint density at radius 2 is 1.96 bits per heavy atom. The van der Waals surface area contributed by atoms with E-state index >= 15 is 0 Å². The van der Waals surface area contributed by atoms with E-state index in [0.717, 1.165) is 48.2 Å². The molecule has 1 fully saturated rings. The first-order valence-corrected chi connectivity index (χ1v) is 9.64. The molecule has 1 atom stereocenters. The van der Waals surface area contributed by atoms with Crippen LogP contribution in [-0.2, 0) is 6.54 Å². The van der Waals surface area contributed by atoms with Crippen LogP contribution in [0.25, 0.3) is 11.0 Å². The Balaban J connectivity index is 1.62. The zero-order valence-corrected chi connectivity index (χ0v) is 15.9. The molecule has 0 aliphatic carbocycles. The van der Waals surface area contributed by atoms with E-state index in [9.17, 15) is 4.79 Å². The van der Waals surface area contributed by atoms with Crippen LogP contribution in [0.4, 0.5) is 0 Å². The van der Waals surface area contributed by atoms with Crippen LogP contribution in [0.1, 0.15) is 42.5 Å². The van der Waals surface area contributed by atoms with E-state index in [1.807, 2.05) is 32.0 Å². The third kappa shape index (κ3) is 3.76. The van der Waals surface area contributed by atoms with Crippen LogP contribution >= 0.6 is 0 Å². The second kappa shape index (κ2) is 7.57. The number of ether oxygens (including phenoxy) is 1. The maximum absolute atomic E-state index is 12.0. The Bertz CT molecular complexity index is 991. The Labute approximate surface area is 159 Å². The molecule has 2 heterocycles. The van der Waals surface area contributed by atoms with Gasteiger partial charge in [0.2, 0.25) is 0 Å². The summed E-state index contributed by atoms with van der Waals surface area (Å²) in [7, 11) is 0. The van der Waals surface area contributed by atoms with Crippen molar-refractivity contribution in [2.24, 2.45) is 0 Å². The summed E-state index contributed by atoms with van der Waals surface area (Å²) in [5, 5.41) is 1.03. The highest BCUT2D eigenvalue weighted by atomic mass is 16.5. The smallest absolute Gasteiger partial charge is 0.336 e. The van der Waals surface area contributed by atoms with Gasteiger partial charge in [0.25, 0.3) is 0 Å². The van der Waals surface area contributed by atoms with E-state index in [1.165, 1.54) is 5.56 Å². The maximum atomic E-state index is 12.0. The summed E-state index contributed by atoms with van der Waals surface area (Å²) in [6.45, 7) is 6.47. The van der Waals surface area contributed by atoms with Gasteiger partial charge in [0.15, 0.2) is 0 Å². The van der Waals surface area contributed by atoms with Crippen LogP contribution in [0.15, 0.2) is 57.7 Å². The first-order chi connectivity index (χ1) is 13.1. The number of likely N-dealkylation sites (tertiary alicyclic amines) is 1. The number of hydrogen-bond acceptors (Lipinski definition) is 4. The largest absolute Gasteiger partial charge is 0.494 e. The van der Waals surface area contributed by atoms with Crippen LogP contribution in [0.2, 0.25) is 0 Å². The van der Waals surface area contributed by atoms with Gasteiger partial charge in [-0.15, -0.1) is 0 Å². The molecule has 3 aromatic rings. The van der Waals surface area contributed by atoms with E-state index < -0.39 is 0 Å². The molecule has 4 rings (SSSR count). The van der Waals surface area contributed by atoms with Crippen molar-refractivity contribution in [1.82, 2.24) is 4.90 Å². The first-order valence-electron chi connectivity index (χ1n) is 9.64. The predicted octanol–water partition coefficient (Wildman–Crippen LogP) is 4.84. The fraction of sp³-hybridized carbons (Fsp3) is 0.348. The van der Waals surface area contributed by atoms with Gasteiger partial charge in [-0.2, -0.15) is 0 Å². The van der Waals surface area contributed by atoms with Gasteiger partial charge in [-0.25, -0.2) is 4.79 Å². The monoisotopic (exact) mass is 363 g/mol. The standard InChI is InChI=1S/C23H25NO3/c1-3-26-19-9-7-17(8-10-19)21-5-4-12-24(21)15-18-14-23(25)27-22-13-16(2)6-11-20(18)22/h6-11,13-14,21H,3-5,12,15H2,1-2H3/t21-/m1/s1. The minimum atomic E-state index is -0.278. The molecule has 0 amide bonds. The summed E-state index contributed by atoms with van der Waals surface area (Å²) in [5.41, 5.74) is 3.84. The highest BCUT2D eigenvalue weighted by Gasteiger charge is 2.26. The number of rotatable bonds is 5. The second-order valence-electron chi connectivity index (χ2n) is 7.22. The quantitative estimate of drug-likeness (QED) is 0.609. The van der Waals surface area contributed by atoms with Gasteiger partial charge in [-0.05, 0) is 68.1 Å². The lowest BCUT2D eigenvalue weighted by Crippen LogP contribution is -2.23. The van der Waals surface area contributed by atoms with Crippen molar-refractivity contribution >= 4 is 11.0 Å². The van der Waals surface area contributed by atoms with Crippen molar-refractivity contribution in [1.29, 1.82) is 0 Å². The molecule has 0 radical (unpaired) electrons. The van der Waals surface area contributed by atoms with E-state index in [2.05, 4.69) is 29.2 Å². The van der Waals surface area contributed by atoms with Gasteiger partial charge >= 0.3 is 5.63 Å². The number of benzene rings is 2. The number of nitrogens with zero attached hydrogens (tertiary/aromatic N) is 1. The number of aryl methyl sites for hydroxylation is 1. The van der Waals surface area contributed by atoms with Crippen LogP contribution < -0.4 is 10.4 Å². The predicted molar refractivity (Wildman–Crippen MR) is 107 cm³/mol. The highest BCUT2D eigenvalue weighted by Crippen LogP contribution is 2.34. The van der Waals surface area contributed by atoms with Gasteiger partial charge in [0.1, 0.15) is 11.3 Å². The molecule has 0 spiro atoms. The SMILES string of the molecule is CCOc1ccc([C@H]2CCCN2Cc2cc(=O)oc3cc(C)ccc23)cc1. The third-order valence-corrected chi connectivity index (χ3v) is 5.30. The van der Waals surface area contributed by atoms with Crippen molar-refractivity contribution in [2.45, 2.75) is 39.3 Å². The Morgan fingerprint density at radius 3 is 2.74 bits per heavy atom. The van der Waals surface area contributed by atoms with Crippen LogP contribution in [-0.4, -0.2) is 18.1 Å². The van der Waals surface area contributed by atoms with Crippen molar-refractivity contribution in [3.8, 4) is 5.75 Å². The van der Waals surface area contributed by atoms with Crippen LogP contribution in [0.5, 0.6) is 5.75 Å². The van der Waals surface area contributed by atoms with Gasteiger partial charge in [0.05, 0.1) is 6.61 Å². The van der Waals surface area contributed by atoms with Crippen LogP contribution in [0, 0.1) is 6.92 Å². The molecule has 4 nitrogen and oxygen atoms in total. The van der Waals surface area contributed by atoms with Gasteiger partial charge in [0, 0.05) is 24.0 Å². The van der Waals surface area contributed by atoms with E-state index in [0.29, 0.717) is 18.2 Å². The summed E-state index contributed by atoms with van der Waals surface area (Å²) in [4.78, 5) is 14.5. The molecule has 2 aromatic carbocycles. The third-order valence-electron chi connectivity index (χ3n) is 5.30. The molecule has 1 saturated heterocycles. The average Bonchev–Trinajstić information content (AvgIpc) is 3.10. The summed E-state index contributed by atoms with van der Waals surface area (Å²) in [6.07, 6.45) is 2.29. The molecule has 27 heavy (non-hydrogen) atoms. The zero-order chi connectivity index (χ0) is 18.8. The Morgan fingerprint density at radius 1 is 1.15 bits per heavy atom. The fourth-order valence-corrected chi connectivity index (χ4v) is 4.03. The summed E-state index contributed by atoms with van der Waals surface area (Å²) >= 11 is 0. The minimum absolute atomic E-state index is 0.278. The van der Waals surface area contributed by atoms with Gasteiger partial charge < -0.3 is 9.15 Å². The molecule has 0 unspecified atom stereocenters. The van der Waals surface area contributed by atoms with Crippen molar-refractivity contribution in [3.63, 3.8) is 0 Å². The second-order valence-corrected chi connectivity index (χ2v) is 7.22. The average molecular weight is 363 g/mol. The molecule has 1 aliphatic heterocycles. The first kappa shape index (κ1) is 17.8. The van der Waals surface area contributed by atoms with Crippen molar-refractivity contribution < 1.29 is 9.15 Å². The number of fused-ring (bicyclic) bond motifs is 1. The minimum Gasteiger partial charge on any atom is -0.494 e. The molecule has 140 valence electrons. The van der Waals surface area contributed by atoms with Gasteiger partial charge in [-0.3, -0.25) is 4.90 Å². The maximum Gasteiger partial charge on any atom is 0.336 e. The number of hydrogen-bond donors (Lipinski definition) is 0. The lowest BCUT2D eigenvalue weighted by Gasteiger charge is -2.25. The molecule has 1 aromatic heterocycles. The van der Waals surface area contributed by atoms with Crippen LogP contribution in [0.3, 0.4) is 0 Å². The van der Waals surface area contributed by atoms with E-state index in [-0.39, 0.29) is 5.63 Å². The van der Waals surface area contributed by atoms with Gasteiger partial charge in [-0.1, -0.05) is 24.3 Å². The molecule has 0 N–H and O–H groups in total. The zero-order valence-electron chi connectivity index (χ0n) is 15.9. The van der Waals surface area contributed by atoms with Crippen molar-refractivity contribution in [2.75, 3.05) is 13.2 Å². The Hall–Kier alpha value is -2.59. The summed E-state index contributed by atoms with van der Waals surface area (Å²) in [5.74, 6) is 0.910. The normalized spacial score (nSPS) is 17.5.